The number of nitrogens with two attached hydrogens (primary N) is 1. The smallest absolute Gasteiger partial charge is 0.268 e. The van der Waals surface area contributed by atoms with E-state index in [0.717, 1.165) is 24.9 Å². The van der Waals surface area contributed by atoms with Gasteiger partial charge in [-0.15, -0.1) is 0 Å². The van der Waals surface area contributed by atoms with Gasteiger partial charge in [0.25, 0.3) is 5.56 Å². The highest BCUT2D eigenvalue weighted by Crippen LogP contribution is 2.05. The Morgan fingerprint density at radius 2 is 2.00 bits per heavy atom. The van der Waals surface area contributed by atoms with Gasteiger partial charge in [-0.3, -0.25) is 4.79 Å². The molecule has 2 aromatic rings. The van der Waals surface area contributed by atoms with E-state index in [1.165, 1.54) is 10.2 Å². The Balaban J connectivity index is 1.79. The zero-order valence-corrected chi connectivity index (χ0v) is 12.2. The van der Waals surface area contributed by atoms with Gasteiger partial charge >= 0.3 is 0 Å². The van der Waals surface area contributed by atoms with Crippen LogP contribution in [-0.2, 0) is 13.0 Å². The van der Waals surface area contributed by atoms with Crippen molar-refractivity contribution in [2.45, 2.75) is 25.8 Å². The monoisotopic (exact) mass is 286 g/mol. The molecule has 21 heavy (non-hydrogen) atoms. The van der Waals surface area contributed by atoms with E-state index >= 15 is 0 Å². The summed E-state index contributed by atoms with van der Waals surface area (Å²) in [6.45, 7) is 1.83. The van der Waals surface area contributed by atoms with E-state index in [1.807, 2.05) is 6.07 Å². The summed E-state index contributed by atoms with van der Waals surface area (Å²) in [6, 6.07) is 11.9. The lowest BCUT2D eigenvalue weighted by atomic mass is 10.1. The summed E-state index contributed by atoms with van der Waals surface area (Å²) in [5, 5.41) is 7.23. The van der Waals surface area contributed by atoms with Crippen molar-refractivity contribution in [1.82, 2.24) is 9.78 Å². The first-order valence-corrected chi connectivity index (χ1v) is 7.34. The Morgan fingerprint density at radius 3 is 2.71 bits per heavy atom. The predicted octanol–water partition coefficient (Wildman–Crippen LogP) is 1.64. The van der Waals surface area contributed by atoms with Gasteiger partial charge in [0.15, 0.2) is 0 Å². The van der Waals surface area contributed by atoms with E-state index in [2.05, 4.69) is 34.7 Å². The third-order valence-corrected chi connectivity index (χ3v) is 3.27. The second kappa shape index (κ2) is 8.21. The molecule has 1 aromatic carbocycles. The average Bonchev–Trinajstić information content (AvgIpc) is 2.52. The van der Waals surface area contributed by atoms with E-state index in [4.69, 9.17) is 5.73 Å². The first-order chi connectivity index (χ1) is 10.3. The number of nitrogens with one attached hydrogen (secondary N) is 1. The molecule has 0 bridgehead atoms. The van der Waals surface area contributed by atoms with Crippen LogP contribution in [0.15, 0.2) is 47.4 Å². The fourth-order valence-electron chi connectivity index (χ4n) is 2.15. The molecule has 0 amide bonds. The summed E-state index contributed by atoms with van der Waals surface area (Å²) in [5.74, 6) is 0. The minimum absolute atomic E-state index is 0.0725. The van der Waals surface area contributed by atoms with E-state index in [0.29, 0.717) is 19.6 Å². The minimum Gasteiger partial charge on any atom is -0.382 e. The lowest BCUT2D eigenvalue weighted by molar-refractivity contribution is 0.532. The van der Waals surface area contributed by atoms with Crippen LogP contribution in [0.1, 0.15) is 18.4 Å². The maximum Gasteiger partial charge on any atom is 0.268 e. The van der Waals surface area contributed by atoms with Crippen LogP contribution in [0.5, 0.6) is 0 Å². The first kappa shape index (κ1) is 15.3. The largest absolute Gasteiger partial charge is 0.382 e. The van der Waals surface area contributed by atoms with Gasteiger partial charge in [0.1, 0.15) is 0 Å². The van der Waals surface area contributed by atoms with Crippen molar-refractivity contribution in [2.75, 3.05) is 18.4 Å². The molecule has 0 atom stereocenters. The van der Waals surface area contributed by atoms with E-state index in [1.54, 1.807) is 12.3 Å². The molecule has 5 nitrogen and oxygen atoms in total. The maximum atomic E-state index is 11.9. The highest BCUT2D eigenvalue weighted by Gasteiger charge is 2.00. The summed E-state index contributed by atoms with van der Waals surface area (Å²) in [4.78, 5) is 11.9. The number of benzene rings is 1. The number of aryl methyl sites for hydroxylation is 2. The van der Waals surface area contributed by atoms with Crippen molar-refractivity contribution in [3.63, 3.8) is 0 Å². The molecule has 5 heteroatoms. The molecule has 2 rings (SSSR count). The molecule has 0 aliphatic carbocycles. The van der Waals surface area contributed by atoms with Crippen molar-refractivity contribution < 1.29 is 0 Å². The van der Waals surface area contributed by atoms with Crippen LogP contribution >= 0.6 is 0 Å². The molecular weight excluding hydrogens is 264 g/mol. The normalized spacial score (nSPS) is 10.5. The van der Waals surface area contributed by atoms with Crippen LogP contribution < -0.4 is 16.6 Å². The maximum absolute atomic E-state index is 11.9. The highest BCUT2D eigenvalue weighted by molar-refractivity contribution is 5.38. The number of hydrogen-bond donors (Lipinski definition) is 2. The van der Waals surface area contributed by atoms with Gasteiger partial charge in [-0.2, -0.15) is 5.10 Å². The summed E-state index contributed by atoms with van der Waals surface area (Å²) >= 11 is 0. The molecule has 1 heterocycles. The van der Waals surface area contributed by atoms with Gasteiger partial charge in [0.2, 0.25) is 0 Å². The number of nitrogens with zero attached hydrogens (tertiary/aromatic N) is 2. The zero-order chi connectivity index (χ0) is 14.9. The molecule has 112 valence electrons. The van der Waals surface area contributed by atoms with Crippen LogP contribution in [0.3, 0.4) is 0 Å². The van der Waals surface area contributed by atoms with Gasteiger partial charge < -0.3 is 11.1 Å². The Hall–Kier alpha value is -2.14. The Bertz CT molecular complexity index is 595. The van der Waals surface area contributed by atoms with Crippen LogP contribution in [0, 0.1) is 0 Å². The molecule has 0 saturated carbocycles. The Morgan fingerprint density at radius 1 is 1.19 bits per heavy atom. The van der Waals surface area contributed by atoms with Crippen LogP contribution in [-0.4, -0.2) is 22.9 Å². The van der Waals surface area contributed by atoms with Crippen molar-refractivity contribution in [2.24, 2.45) is 5.73 Å². The fourth-order valence-corrected chi connectivity index (χ4v) is 2.15. The third-order valence-electron chi connectivity index (χ3n) is 3.27. The first-order valence-electron chi connectivity index (χ1n) is 7.34. The van der Waals surface area contributed by atoms with Crippen molar-refractivity contribution in [3.8, 4) is 0 Å². The molecule has 0 unspecified atom stereocenters. The standard InChI is InChI=1S/C16H22N4O/c17-9-10-18-15-12-16(21)20(19-13-15)11-5-4-8-14-6-2-1-3-7-14/h1-3,6-7,12-13,18H,4-5,8-11,17H2. The van der Waals surface area contributed by atoms with Crippen LogP contribution in [0.4, 0.5) is 5.69 Å². The van der Waals surface area contributed by atoms with E-state index < -0.39 is 0 Å². The molecular formula is C16H22N4O. The van der Waals surface area contributed by atoms with Crippen molar-refractivity contribution in [3.05, 3.63) is 58.5 Å². The Kier molecular flexibility index (Phi) is 5.97. The van der Waals surface area contributed by atoms with Gasteiger partial charge in [-0.05, 0) is 24.8 Å². The van der Waals surface area contributed by atoms with Gasteiger partial charge in [-0.1, -0.05) is 30.3 Å². The summed E-state index contributed by atoms with van der Waals surface area (Å²) in [7, 11) is 0. The van der Waals surface area contributed by atoms with Crippen LogP contribution in [0.2, 0.25) is 0 Å². The summed E-state index contributed by atoms with van der Waals surface area (Å²) < 4.78 is 1.51. The van der Waals surface area contributed by atoms with Crippen molar-refractivity contribution in [1.29, 1.82) is 0 Å². The third kappa shape index (κ3) is 5.04. The molecule has 0 saturated heterocycles. The lowest BCUT2D eigenvalue weighted by Crippen LogP contribution is -2.23. The lowest BCUT2D eigenvalue weighted by Gasteiger charge is -2.07. The van der Waals surface area contributed by atoms with Gasteiger partial charge in [0.05, 0.1) is 11.9 Å². The van der Waals surface area contributed by atoms with Gasteiger partial charge in [-0.25, -0.2) is 4.68 Å². The second-order valence-corrected chi connectivity index (χ2v) is 4.96. The molecule has 0 fully saturated rings. The van der Waals surface area contributed by atoms with E-state index in [-0.39, 0.29) is 5.56 Å². The number of anilines is 1. The molecule has 1 aromatic heterocycles. The molecule has 0 radical (unpaired) electrons. The molecule has 3 N–H and O–H groups in total. The van der Waals surface area contributed by atoms with Gasteiger partial charge in [0, 0.05) is 25.7 Å². The molecule has 0 spiro atoms. The Labute approximate surface area is 124 Å². The highest BCUT2D eigenvalue weighted by atomic mass is 16.1. The number of hydrogen-bond acceptors (Lipinski definition) is 4. The fraction of sp³-hybridized carbons (Fsp3) is 0.375. The molecule has 0 aliphatic rings. The van der Waals surface area contributed by atoms with Crippen LogP contribution in [0.25, 0.3) is 0 Å². The average molecular weight is 286 g/mol. The predicted molar refractivity (Wildman–Crippen MR) is 85.4 cm³/mol. The van der Waals surface area contributed by atoms with E-state index in [9.17, 15) is 4.79 Å². The minimum atomic E-state index is -0.0725. The number of aromatic nitrogens is 2. The second-order valence-electron chi connectivity index (χ2n) is 4.96. The van der Waals surface area contributed by atoms with Crippen molar-refractivity contribution >= 4 is 5.69 Å². The number of rotatable bonds is 8. The summed E-state index contributed by atoms with van der Waals surface area (Å²) in [6.07, 6.45) is 4.70. The SMILES string of the molecule is NCCNc1cnn(CCCCc2ccccc2)c(=O)c1. The molecule has 0 aliphatic heterocycles. The quantitative estimate of drug-likeness (QED) is 0.724. The summed E-state index contributed by atoms with van der Waals surface area (Å²) in [5.41, 5.74) is 7.39. The topological polar surface area (TPSA) is 72.9 Å². The zero-order valence-electron chi connectivity index (χ0n) is 12.2. The number of unbranched alkanes of at least 4 members (excludes halogenated alkanes) is 1.